The minimum Gasteiger partial charge on any atom is -0.476 e. The first-order chi connectivity index (χ1) is 8.43. The van der Waals surface area contributed by atoms with Gasteiger partial charge in [-0.05, 0) is 25.1 Å². The van der Waals surface area contributed by atoms with Crippen LogP contribution in [0, 0.1) is 0 Å². The second-order valence-electron chi connectivity index (χ2n) is 3.55. The van der Waals surface area contributed by atoms with Gasteiger partial charge in [-0.15, -0.1) is 0 Å². The number of benzene rings is 1. The van der Waals surface area contributed by atoms with E-state index >= 15 is 0 Å². The summed E-state index contributed by atoms with van der Waals surface area (Å²) in [5.41, 5.74) is 0. The highest BCUT2D eigenvalue weighted by molar-refractivity contribution is 6.34. The average Bonchev–Trinajstić information content (AvgIpc) is 2.26. The Morgan fingerprint density at radius 3 is 2.22 bits per heavy atom. The van der Waals surface area contributed by atoms with Crippen LogP contribution in [0.2, 0.25) is 10.0 Å². The molecule has 1 rings (SSSR count). The van der Waals surface area contributed by atoms with E-state index in [1.807, 2.05) is 0 Å². The first kappa shape index (κ1) is 15.1. The molecule has 0 saturated heterocycles. The molecule has 0 aliphatic heterocycles. The maximum Gasteiger partial charge on any atom is 0.377 e. The van der Waals surface area contributed by atoms with Gasteiger partial charge < -0.3 is 14.6 Å². The zero-order chi connectivity index (χ0) is 13.8. The van der Waals surface area contributed by atoms with E-state index in [2.05, 4.69) is 0 Å². The van der Waals surface area contributed by atoms with Crippen molar-refractivity contribution in [3.8, 4) is 5.75 Å². The van der Waals surface area contributed by atoms with Gasteiger partial charge in [0.2, 0.25) is 0 Å². The Kier molecular flexibility index (Phi) is 5.26. The fourth-order valence-corrected chi connectivity index (χ4v) is 1.98. The third-order valence-electron chi connectivity index (χ3n) is 2.29. The van der Waals surface area contributed by atoms with E-state index < -0.39 is 11.8 Å². The number of hydrogen-bond acceptors (Lipinski definition) is 3. The maximum absolute atomic E-state index is 11.3. The molecule has 0 bridgehead atoms. The molecule has 4 nitrogen and oxygen atoms in total. The van der Waals surface area contributed by atoms with E-state index in [0.717, 1.165) is 0 Å². The smallest absolute Gasteiger partial charge is 0.377 e. The van der Waals surface area contributed by atoms with Crippen molar-refractivity contribution in [3.05, 3.63) is 28.2 Å². The monoisotopic (exact) mass is 292 g/mol. The fraction of sp³-hybridized carbons (Fsp3) is 0.417. The molecule has 0 spiro atoms. The van der Waals surface area contributed by atoms with Gasteiger partial charge >= 0.3 is 11.8 Å². The molecule has 0 aromatic heterocycles. The standard InChI is InChI=1S/C12H14Cl2O4/c1-3-12(11(15)16,17-4-2)18-10-6-8(13)5-9(14)7-10/h5-7H,3-4H2,1-2H3,(H,15,16). The van der Waals surface area contributed by atoms with E-state index in [1.165, 1.54) is 18.2 Å². The number of rotatable bonds is 6. The highest BCUT2D eigenvalue weighted by Gasteiger charge is 2.40. The molecule has 0 saturated carbocycles. The van der Waals surface area contributed by atoms with Gasteiger partial charge in [-0.25, -0.2) is 4.79 Å². The zero-order valence-electron chi connectivity index (χ0n) is 10.1. The molecular weight excluding hydrogens is 279 g/mol. The van der Waals surface area contributed by atoms with Crippen molar-refractivity contribution in [2.75, 3.05) is 6.61 Å². The topological polar surface area (TPSA) is 55.8 Å². The molecule has 1 N–H and O–H groups in total. The molecule has 6 heteroatoms. The van der Waals surface area contributed by atoms with Gasteiger partial charge in [0.25, 0.3) is 0 Å². The summed E-state index contributed by atoms with van der Waals surface area (Å²) in [6, 6.07) is 4.50. The van der Waals surface area contributed by atoms with Crippen molar-refractivity contribution in [1.82, 2.24) is 0 Å². The van der Waals surface area contributed by atoms with Crippen LogP contribution in [-0.2, 0) is 9.53 Å². The highest BCUT2D eigenvalue weighted by atomic mass is 35.5. The number of ether oxygens (including phenoxy) is 2. The Bertz CT molecular complexity index is 416. The van der Waals surface area contributed by atoms with Gasteiger partial charge in [0.15, 0.2) is 0 Å². The van der Waals surface area contributed by atoms with Crippen LogP contribution in [0.5, 0.6) is 5.75 Å². The predicted molar refractivity (Wildman–Crippen MR) is 69.4 cm³/mol. The van der Waals surface area contributed by atoms with Crippen molar-refractivity contribution in [1.29, 1.82) is 0 Å². The Labute approximate surface area is 115 Å². The summed E-state index contributed by atoms with van der Waals surface area (Å²) in [5.74, 6) is -2.66. The summed E-state index contributed by atoms with van der Waals surface area (Å²) >= 11 is 11.7. The Balaban J connectivity index is 3.05. The van der Waals surface area contributed by atoms with Gasteiger partial charge in [-0.3, -0.25) is 0 Å². The number of carboxylic acids is 1. The van der Waals surface area contributed by atoms with E-state index in [0.29, 0.717) is 10.0 Å². The Morgan fingerprint density at radius 1 is 1.28 bits per heavy atom. The lowest BCUT2D eigenvalue weighted by molar-refractivity contribution is -0.211. The lowest BCUT2D eigenvalue weighted by Crippen LogP contribution is -2.46. The molecule has 100 valence electrons. The number of carboxylic acid groups (broad SMARTS) is 1. The second-order valence-corrected chi connectivity index (χ2v) is 4.42. The van der Waals surface area contributed by atoms with E-state index in [9.17, 15) is 9.90 Å². The van der Waals surface area contributed by atoms with E-state index in [1.54, 1.807) is 13.8 Å². The average molecular weight is 293 g/mol. The van der Waals surface area contributed by atoms with E-state index in [4.69, 9.17) is 32.7 Å². The molecule has 1 aromatic carbocycles. The quantitative estimate of drug-likeness (QED) is 0.814. The van der Waals surface area contributed by atoms with Crippen molar-refractivity contribution in [3.63, 3.8) is 0 Å². The number of carbonyl (C=O) groups is 1. The van der Waals surface area contributed by atoms with Crippen LogP contribution in [0.4, 0.5) is 0 Å². The van der Waals surface area contributed by atoms with Gasteiger partial charge in [-0.1, -0.05) is 30.1 Å². The second kappa shape index (κ2) is 6.27. The number of aliphatic carboxylic acids is 1. The highest BCUT2D eigenvalue weighted by Crippen LogP contribution is 2.29. The normalized spacial score (nSPS) is 14.0. The zero-order valence-corrected chi connectivity index (χ0v) is 11.6. The molecular formula is C12H14Cl2O4. The first-order valence-corrected chi connectivity index (χ1v) is 6.21. The van der Waals surface area contributed by atoms with Crippen LogP contribution in [-0.4, -0.2) is 23.5 Å². The van der Waals surface area contributed by atoms with Crippen LogP contribution >= 0.6 is 23.2 Å². The molecule has 0 fully saturated rings. The lowest BCUT2D eigenvalue weighted by Gasteiger charge is -2.28. The Hall–Kier alpha value is -0.970. The summed E-state index contributed by atoms with van der Waals surface area (Å²) < 4.78 is 10.6. The molecule has 0 aliphatic carbocycles. The van der Waals surface area contributed by atoms with Crippen LogP contribution in [0.25, 0.3) is 0 Å². The summed E-state index contributed by atoms with van der Waals surface area (Å²) in [7, 11) is 0. The van der Waals surface area contributed by atoms with Crippen LogP contribution < -0.4 is 4.74 Å². The van der Waals surface area contributed by atoms with Crippen molar-refractivity contribution < 1.29 is 19.4 Å². The summed E-state index contributed by atoms with van der Waals surface area (Å²) in [5, 5.41) is 9.97. The van der Waals surface area contributed by atoms with Gasteiger partial charge in [0, 0.05) is 23.1 Å². The van der Waals surface area contributed by atoms with Crippen LogP contribution in [0.3, 0.4) is 0 Å². The molecule has 1 aromatic rings. The molecule has 18 heavy (non-hydrogen) atoms. The largest absolute Gasteiger partial charge is 0.476 e. The van der Waals surface area contributed by atoms with Crippen molar-refractivity contribution in [2.24, 2.45) is 0 Å². The molecule has 1 atom stereocenters. The SMILES string of the molecule is CCOC(CC)(Oc1cc(Cl)cc(Cl)c1)C(=O)O. The lowest BCUT2D eigenvalue weighted by atomic mass is 10.2. The maximum atomic E-state index is 11.3. The minimum atomic E-state index is -1.72. The van der Waals surface area contributed by atoms with Crippen molar-refractivity contribution in [2.45, 2.75) is 26.1 Å². The molecule has 0 radical (unpaired) electrons. The Morgan fingerprint density at radius 2 is 1.83 bits per heavy atom. The van der Waals surface area contributed by atoms with Gasteiger partial charge in [0.1, 0.15) is 5.75 Å². The fourth-order valence-electron chi connectivity index (χ4n) is 1.47. The first-order valence-electron chi connectivity index (χ1n) is 5.46. The van der Waals surface area contributed by atoms with Gasteiger partial charge in [0.05, 0.1) is 0 Å². The predicted octanol–water partition coefficient (Wildman–Crippen LogP) is 3.60. The third-order valence-corrected chi connectivity index (χ3v) is 2.72. The summed E-state index contributed by atoms with van der Waals surface area (Å²) in [6.45, 7) is 3.58. The summed E-state index contributed by atoms with van der Waals surface area (Å²) in [4.78, 5) is 11.3. The number of hydrogen-bond donors (Lipinski definition) is 1. The number of halogens is 2. The van der Waals surface area contributed by atoms with Gasteiger partial charge in [-0.2, -0.15) is 0 Å². The van der Waals surface area contributed by atoms with Crippen LogP contribution in [0.1, 0.15) is 20.3 Å². The van der Waals surface area contributed by atoms with E-state index in [-0.39, 0.29) is 18.8 Å². The third kappa shape index (κ3) is 3.51. The molecule has 0 aliphatic rings. The van der Waals surface area contributed by atoms with Crippen molar-refractivity contribution >= 4 is 29.2 Å². The molecule has 0 amide bonds. The molecule has 0 heterocycles. The summed E-state index contributed by atoms with van der Waals surface area (Å²) in [6.07, 6.45) is 0.153. The van der Waals surface area contributed by atoms with Crippen LogP contribution in [0.15, 0.2) is 18.2 Å². The minimum absolute atomic E-state index is 0.153. The molecule has 1 unspecified atom stereocenters.